The summed E-state index contributed by atoms with van der Waals surface area (Å²) >= 11 is 0. The molecule has 4 nitrogen and oxygen atoms in total. The number of benzene rings is 2. The van der Waals surface area contributed by atoms with E-state index in [2.05, 4.69) is 0 Å². The molecule has 5 heteroatoms. The van der Waals surface area contributed by atoms with E-state index in [4.69, 9.17) is 5.73 Å². The Kier molecular flexibility index (Phi) is 4.55. The van der Waals surface area contributed by atoms with Gasteiger partial charge in [-0.1, -0.05) is 12.1 Å². The molecular formula is C16H17FN2O2. The molecule has 110 valence electrons. The van der Waals surface area contributed by atoms with Crippen LogP contribution in [0.4, 0.5) is 15.8 Å². The van der Waals surface area contributed by atoms with Crippen molar-refractivity contribution in [3.05, 3.63) is 59.4 Å². The van der Waals surface area contributed by atoms with Gasteiger partial charge in [0.1, 0.15) is 5.82 Å². The first-order valence-electron chi connectivity index (χ1n) is 6.58. The average molecular weight is 288 g/mol. The molecule has 0 radical (unpaired) electrons. The first-order chi connectivity index (χ1) is 10.0. The normalized spacial score (nSPS) is 10.4. The fraction of sp³-hybridized carbons (Fsp3) is 0.188. The lowest BCUT2D eigenvalue weighted by Gasteiger charge is -2.24. The standard InChI is InChI=1S/C16H17FN2O2/c1-11-10-12(17)6-7-13(11)16(21)19(8-9-20)15-5-3-2-4-14(15)18/h2-7,10,20H,8-9,18H2,1H3. The number of carbonyl (C=O) groups is 1. The van der Waals surface area contributed by atoms with Gasteiger partial charge in [0.2, 0.25) is 0 Å². The molecule has 0 aliphatic heterocycles. The summed E-state index contributed by atoms with van der Waals surface area (Å²) in [4.78, 5) is 14.1. The van der Waals surface area contributed by atoms with Crippen molar-refractivity contribution in [2.45, 2.75) is 6.92 Å². The van der Waals surface area contributed by atoms with E-state index in [0.717, 1.165) is 0 Å². The van der Waals surface area contributed by atoms with E-state index in [9.17, 15) is 14.3 Å². The summed E-state index contributed by atoms with van der Waals surface area (Å²) in [7, 11) is 0. The van der Waals surface area contributed by atoms with E-state index in [-0.39, 0.29) is 19.1 Å². The lowest BCUT2D eigenvalue weighted by molar-refractivity contribution is 0.0980. The number of aliphatic hydroxyl groups is 1. The zero-order valence-electron chi connectivity index (χ0n) is 11.7. The molecule has 0 atom stereocenters. The molecule has 0 aliphatic carbocycles. The number of hydrogen-bond acceptors (Lipinski definition) is 3. The Morgan fingerprint density at radius 3 is 2.62 bits per heavy atom. The fourth-order valence-electron chi connectivity index (χ4n) is 2.18. The lowest BCUT2D eigenvalue weighted by atomic mass is 10.1. The van der Waals surface area contributed by atoms with E-state index >= 15 is 0 Å². The summed E-state index contributed by atoms with van der Waals surface area (Å²) in [6.45, 7) is 1.59. The Bertz CT molecular complexity index is 658. The van der Waals surface area contributed by atoms with Gasteiger partial charge >= 0.3 is 0 Å². The van der Waals surface area contributed by atoms with Gasteiger partial charge in [-0.2, -0.15) is 0 Å². The second-order valence-corrected chi connectivity index (χ2v) is 4.70. The molecule has 2 aromatic rings. The van der Waals surface area contributed by atoms with Gasteiger partial charge in [-0.05, 0) is 42.8 Å². The quantitative estimate of drug-likeness (QED) is 0.849. The molecule has 0 bridgehead atoms. The number of aliphatic hydroxyl groups excluding tert-OH is 1. The maximum absolute atomic E-state index is 13.2. The lowest BCUT2D eigenvalue weighted by Crippen LogP contribution is -2.34. The van der Waals surface area contributed by atoms with Crippen LogP contribution in [-0.4, -0.2) is 24.2 Å². The van der Waals surface area contributed by atoms with Crippen molar-refractivity contribution in [1.82, 2.24) is 0 Å². The van der Waals surface area contributed by atoms with Gasteiger partial charge in [0.25, 0.3) is 5.91 Å². The highest BCUT2D eigenvalue weighted by Crippen LogP contribution is 2.25. The Morgan fingerprint density at radius 1 is 1.29 bits per heavy atom. The number of nitrogens with two attached hydrogens (primary N) is 1. The Morgan fingerprint density at radius 2 is 2.00 bits per heavy atom. The van der Waals surface area contributed by atoms with Crippen molar-refractivity contribution in [3.63, 3.8) is 0 Å². The second kappa shape index (κ2) is 6.37. The van der Waals surface area contributed by atoms with E-state index < -0.39 is 5.82 Å². The van der Waals surface area contributed by atoms with E-state index in [0.29, 0.717) is 22.5 Å². The van der Waals surface area contributed by atoms with Crippen LogP contribution in [0.15, 0.2) is 42.5 Å². The molecule has 1 amide bonds. The van der Waals surface area contributed by atoms with Crippen molar-refractivity contribution in [2.75, 3.05) is 23.8 Å². The highest BCUT2D eigenvalue weighted by molar-refractivity contribution is 6.08. The van der Waals surface area contributed by atoms with Gasteiger partial charge in [-0.15, -0.1) is 0 Å². The number of carbonyl (C=O) groups excluding carboxylic acids is 1. The second-order valence-electron chi connectivity index (χ2n) is 4.70. The number of nitrogens with zero attached hydrogens (tertiary/aromatic N) is 1. The molecule has 0 saturated heterocycles. The zero-order chi connectivity index (χ0) is 15.4. The van der Waals surface area contributed by atoms with Crippen LogP contribution in [0.3, 0.4) is 0 Å². The SMILES string of the molecule is Cc1cc(F)ccc1C(=O)N(CCO)c1ccccc1N. The number of rotatable bonds is 4. The summed E-state index contributed by atoms with van der Waals surface area (Å²) in [5.41, 5.74) is 7.79. The van der Waals surface area contributed by atoms with Gasteiger partial charge in [0.15, 0.2) is 0 Å². The van der Waals surface area contributed by atoms with Crippen LogP contribution in [0, 0.1) is 12.7 Å². The maximum Gasteiger partial charge on any atom is 0.258 e. The van der Waals surface area contributed by atoms with Crippen LogP contribution >= 0.6 is 0 Å². The molecule has 2 rings (SSSR count). The van der Waals surface area contributed by atoms with Gasteiger partial charge in [0.05, 0.1) is 18.0 Å². The summed E-state index contributed by atoms with van der Waals surface area (Å²) < 4.78 is 13.2. The molecule has 0 heterocycles. The number of nitrogen functional groups attached to an aromatic ring is 1. The third-order valence-corrected chi connectivity index (χ3v) is 3.22. The zero-order valence-corrected chi connectivity index (χ0v) is 11.7. The summed E-state index contributed by atoms with van der Waals surface area (Å²) in [6, 6.07) is 10.9. The molecular weight excluding hydrogens is 271 g/mol. The van der Waals surface area contributed by atoms with E-state index in [1.54, 1.807) is 31.2 Å². The predicted octanol–water partition coefficient (Wildman–Crippen LogP) is 2.36. The summed E-state index contributed by atoms with van der Waals surface area (Å²) in [5.74, 6) is -0.712. The van der Waals surface area contributed by atoms with Gasteiger partial charge < -0.3 is 15.7 Å². The van der Waals surface area contributed by atoms with E-state index in [1.165, 1.54) is 23.1 Å². The highest BCUT2D eigenvalue weighted by atomic mass is 19.1. The third kappa shape index (κ3) is 3.20. The van der Waals surface area contributed by atoms with Crippen LogP contribution in [0.2, 0.25) is 0 Å². The largest absolute Gasteiger partial charge is 0.397 e. The topological polar surface area (TPSA) is 66.6 Å². The minimum atomic E-state index is -0.392. The highest BCUT2D eigenvalue weighted by Gasteiger charge is 2.20. The van der Waals surface area contributed by atoms with Gasteiger partial charge in [0, 0.05) is 12.1 Å². The van der Waals surface area contributed by atoms with Crippen molar-refractivity contribution in [1.29, 1.82) is 0 Å². The van der Waals surface area contributed by atoms with Crippen LogP contribution in [0.25, 0.3) is 0 Å². The molecule has 0 unspecified atom stereocenters. The van der Waals surface area contributed by atoms with Crippen molar-refractivity contribution in [3.8, 4) is 0 Å². The van der Waals surface area contributed by atoms with Crippen molar-refractivity contribution < 1.29 is 14.3 Å². The van der Waals surface area contributed by atoms with Crippen LogP contribution in [0.1, 0.15) is 15.9 Å². The minimum Gasteiger partial charge on any atom is -0.397 e. The Labute approximate surface area is 122 Å². The fourth-order valence-corrected chi connectivity index (χ4v) is 2.18. The smallest absolute Gasteiger partial charge is 0.258 e. The minimum absolute atomic E-state index is 0.115. The molecule has 0 spiro atoms. The molecule has 3 N–H and O–H groups in total. The molecule has 2 aromatic carbocycles. The number of anilines is 2. The summed E-state index contributed by atoms with van der Waals surface area (Å²) in [5, 5.41) is 9.20. The molecule has 21 heavy (non-hydrogen) atoms. The van der Waals surface area contributed by atoms with Gasteiger partial charge in [-0.3, -0.25) is 4.79 Å². The van der Waals surface area contributed by atoms with Crippen LogP contribution in [0.5, 0.6) is 0 Å². The number of amides is 1. The molecule has 0 aliphatic rings. The number of hydrogen-bond donors (Lipinski definition) is 2. The first kappa shape index (κ1) is 15.0. The number of para-hydroxylation sites is 2. The predicted molar refractivity (Wildman–Crippen MR) is 80.8 cm³/mol. The van der Waals surface area contributed by atoms with Crippen LogP contribution in [-0.2, 0) is 0 Å². The van der Waals surface area contributed by atoms with Crippen molar-refractivity contribution in [2.24, 2.45) is 0 Å². The van der Waals surface area contributed by atoms with E-state index in [1.807, 2.05) is 0 Å². The summed E-state index contributed by atoms with van der Waals surface area (Å²) in [6.07, 6.45) is 0. The third-order valence-electron chi connectivity index (χ3n) is 3.22. The first-order valence-corrected chi connectivity index (χ1v) is 6.58. The van der Waals surface area contributed by atoms with Gasteiger partial charge in [-0.25, -0.2) is 4.39 Å². The maximum atomic E-state index is 13.2. The van der Waals surface area contributed by atoms with Crippen molar-refractivity contribution >= 4 is 17.3 Å². The average Bonchev–Trinajstić information content (AvgIpc) is 2.45. The molecule has 0 fully saturated rings. The molecule has 0 aromatic heterocycles. The van der Waals surface area contributed by atoms with Crippen LogP contribution < -0.4 is 10.6 Å². The Hall–Kier alpha value is -2.40. The Balaban J connectivity index is 2.43. The number of aryl methyl sites for hydroxylation is 1. The number of halogens is 1. The molecule has 0 saturated carbocycles. The monoisotopic (exact) mass is 288 g/mol.